The van der Waals surface area contributed by atoms with Crippen molar-refractivity contribution in [3.63, 3.8) is 0 Å². The second-order valence-electron chi connectivity index (χ2n) is 1.29. The molecule has 0 atom stereocenters. The van der Waals surface area contributed by atoms with E-state index in [4.69, 9.17) is 6.58 Å². The summed E-state index contributed by atoms with van der Waals surface area (Å²) in [5, 5.41) is 0. The van der Waals surface area contributed by atoms with Crippen molar-refractivity contribution in [2.45, 2.75) is 0 Å². The Morgan fingerprint density at radius 2 is 1.80 bits per heavy atom. The van der Waals surface area contributed by atoms with E-state index in [1.54, 1.807) is 0 Å². The lowest BCUT2D eigenvalue weighted by Gasteiger charge is -1.47. The van der Waals surface area contributed by atoms with Gasteiger partial charge in [0.05, 0.1) is 0 Å². The Morgan fingerprint density at radius 1 is 1.40 bits per heavy atom. The summed E-state index contributed by atoms with van der Waals surface area (Å²) < 4.78 is 0. The molecule has 0 aromatic rings. The molecule has 2 rings (SSSR count). The predicted molar refractivity (Wildman–Crippen MR) is 18.4 cm³/mol. The lowest BCUT2D eigenvalue weighted by atomic mass is 10.5. The van der Waals surface area contributed by atoms with E-state index in [0.717, 1.165) is 5.57 Å². The average Bonchev–Trinajstić information content (AvgIpc) is 2.11. The number of fused-ring (bicyclic) bond motifs is 1. The highest BCUT2D eigenvalue weighted by atomic mass is 14.4. The lowest BCUT2D eigenvalue weighted by molar-refractivity contribution is 2.01. The van der Waals surface area contributed by atoms with Gasteiger partial charge in [-0.1, -0.05) is 6.58 Å². The summed E-state index contributed by atoms with van der Waals surface area (Å²) in [6.45, 7) is 5.20. The highest BCUT2D eigenvalue weighted by Gasteiger charge is 2.37. The van der Waals surface area contributed by atoms with Gasteiger partial charge in [0, 0.05) is 16.7 Å². The SMILES string of the molecule is [CH]=C1C2=C=C12. The molecule has 1 saturated carbocycles. The highest BCUT2D eigenvalue weighted by Crippen LogP contribution is 2.51. The maximum atomic E-state index is 5.20. The van der Waals surface area contributed by atoms with E-state index in [9.17, 15) is 0 Å². The Kier molecular flexibility index (Phi) is 0.0636. The minimum absolute atomic E-state index is 0.991. The van der Waals surface area contributed by atoms with Crippen LogP contribution in [0.2, 0.25) is 0 Å². The zero-order valence-electron chi connectivity index (χ0n) is 2.58. The first-order valence-electron chi connectivity index (χ1n) is 1.54. The van der Waals surface area contributed by atoms with Gasteiger partial charge in [-0.25, -0.2) is 0 Å². The third kappa shape index (κ3) is 0.0408. The fourth-order valence-electron chi connectivity index (χ4n) is 0.368. The van der Waals surface area contributed by atoms with Crippen molar-refractivity contribution in [3.05, 3.63) is 29.0 Å². The average molecular weight is 61.1 g/mol. The Hall–Kier alpha value is -0.740. The fraction of sp³-hybridized carbons (Fsp3) is 0. The van der Waals surface area contributed by atoms with Crippen LogP contribution in [-0.4, -0.2) is 0 Å². The van der Waals surface area contributed by atoms with E-state index in [0.29, 0.717) is 0 Å². The number of hydrogen-bond acceptors (Lipinski definition) is 0. The Bertz CT molecular complexity index is 149. The van der Waals surface area contributed by atoms with Crippen molar-refractivity contribution in [1.29, 1.82) is 0 Å². The van der Waals surface area contributed by atoms with Crippen molar-refractivity contribution in [3.8, 4) is 0 Å². The van der Waals surface area contributed by atoms with Crippen molar-refractivity contribution in [2.75, 3.05) is 0 Å². The van der Waals surface area contributed by atoms with Gasteiger partial charge in [-0.05, 0) is 0 Å². The van der Waals surface area contributed by atoms with Crippen LogP contribution in [0.5, 0.6) is 0 Å². The van der Waals surface area contributed by atoms with Crippen LogP contribution in [0.1, 0.15) is 0 Å². The molecule has 2 aliphatic rings. The molecule has 0 aliphatic heterocycles. The number of allylic oxidation sites excluding steroid dienone is 2. The Morgan fingerprint density at radius 3 is 1.80 bits per heavy atom. The summed E-state index contributed by atoms with van der Waals surface area (Å²) in [6, 6.07) is 0. The van der Waals surface area contributed by atoms with Crippen LogP contribution in [0.3, 0.4) is 0 Å². The summed E-state index contributed by atoms with van der Waals surface area (Å²) in [7, 11) is 0. The van der Waals surface area contributed by atoms with Crippen LogP contribution in [0.15, 0.2) is 22.5 Å². The first-order valence-corrected chi connectivity index (χ1v) is 1.54. The molecular formula is C5H. The fourth-order valence-corrected chi connectivity index (χ4v) is 0.368. The first-order chi connectivity index (χ1) is 2.39. The molecule has 21 valence electrons. The molecule has 0 bridgehead atoms. The van der Waals surface area contributed by atoms with Crippen LogP contribution in [0, 0.1) is 6.58 Å². The lowest BCUT2D eigenvalue weighted by Crippen LogP contribution is -1.32. The Balaban J connectivity index is 2.87. The van der Waals surface area contributed by atoms with E-state index in [1.165, 1.54) is 11.1 Å². The van der Waals surface area contributed by atoms with E-state index < -0.39 is 0 Å². The van der Waals surface area contributed by atoms with Crippen molar-refractivity contribution in [1.82, 2.24) is 0 Å². The summed E-state index contributed by atoms with van der Waals surface area (Å²) >= 11 is 0. The molecule has 0 saturated heterocycles. The maximum absolute atomic E-state index is 5.20. The monoisotopic (exact) mass is 61.0 g/mol. The molecule has 0 heterocycles. The largest absolute Gasteiger partial charge is 0.101 e. The van der Waals surface area contributed by atoms with E-state index in [-0.39, 0.29) is 0 Å². The third-order valence-corrected chi connectivity index (χ3v) is 0.914. The molecule has 5 heavy (non-hydrogen) atoms. The molecule has 0 amide bonds. The van der Waals surface area contributed by atoms with Crippen molar-refractivity contribution in [2.24, 2.45) is 0 Å². The molecule has 0 aromatic heterocycles. The molecule has 0 nitrogen and oxygen atoms in total. The van der Waals surface area contributed by atoms with Gasteiger partial charge in [-0.2, -0.15) is 0 Å². The standard InChI is InChI=1S/C5H/c1-3-4-2-5(3)4/h1H. The predicted octanol–water partition coefficient (Wildman–Crippen LogP) is 0.825. The van der Waals surface area contributed by atoms with Gasteiger partial charge >= 0.3 is 0 Å². The molecular weight excluding hydrogens is 60.1 g/mol. The summed E-state index contributed by atoms with van der Waals surface area (Å²) in [5.74, 6) is 0. The molecule has 1 fully saturated rings. The molecule has 0 unspecified atom stereocenters. The topological polar surface area (TPSA) is 0 Å². The van der Waals surface area contributed by atoms with Gasteiger partial charge < -0.3 is 0 Å². The van der Waals surface area contributed by atoms with Crippen molar-refractivity contribution < 1.29 is 0 Å². The van der Waals surface area contributed by atoms with Gasteiger partial charge in [-0.15, -0.1) is 5.73 Å². The van der Waals surface area contributed by atoms with Crippen LogP contribution in [-0.2, 0) is 0 Å². The molecule has 1 radical (unpaired) electrons. The second kappa shape index (κ2) is 0.194. The summed E-state index contributed by atoms with van der Waals surface area (Å²) in [4.78, 5) is 0. The highest BCUT2D eigenvalue weighted by molar-refractivity contribution is 5.86. The van der Waals surface area contributed by atoms with E-state index >= 15 is 0 Å². The maximum Gasteiger partial charge on any atom is 0.0413 e. The minimum atomic E-state index is 0.991. The van der Waals surface area contributed by atoms with Crippen LogP contribution >= 0.6 is 0 Å². The van der Waals surface area contributed by atoms with Gasteiger partial charge in [0.2, 0.25) is 0 Å². The zero-order valence-corrected chi connectivity index (χ0v) is 2.58. The zero-order chi connectivity index (χ0) is 3.44. The number of rotatable bonds is 0. The van der Waals surface area contributed by atoms with Crippen LogP contribution in [0.4, 0.5) is 0 Å². The first kappa shape index (κ1) is 1.64. The van der Waals surface area contributed by atoms with Gasteiger partial charge in [0.25, 0.3) is 0 Å². The van der Waals surface area contributed by atoms with Gasteiger partial charge in [-0.3, -0.25) is 0 Å². The molecule has 0 aromatic carbocycles. The second-order valence-corrected chi connectivity index (χ2v) is 1.29. The van der Waals surface area contributed by atoms with Gasteiger partial charge in [0.15, 0.2) is 0 Å². The van der Waals surface area contributed by atoms with Gasteiger partial charge in [0.1, 0.15) is 0 Å². The molecule has 0 spiro atoms. The number of hydrogen-bond donors (Lipinski definition) is 0. The quantitative estimate of drug-likeness (QED) is 0.364. The summed E-state index contributed by atoms with van der Waals surface area (Å²) in [6.07, 6.45) is 0. The smallest absolute Gasteiger partial charge is 0.0413 e. The van der Waals surface area contributed by atoms with E-state index in [1.807, 2.05) is 0 Å². The van der Waals surface area contributed by atoms with Crippen LogP contribution < -0.4 is 0 Å². The molecule has 2 aliphatic carbocycles. The van der Waals surface area contributed by atoms with E-state index in [2.05, 4.69) is 5.73 Å². The Labute approximate surface area is 30.1 Å². The normalized spacial score (nSPS) is 23.6. The minimum Gasteiger partial charge on any atom is -0.101 e. The molecule has 0 N–H and O–H groups in total. The molecule has 0 heteroatoms. The van der Waals surface area contributed by atoms with Crippen LogP contribution in [0.25, 0.3) is 0 Å². The van der Waals surface area contributed by atoms with Crippen molar-refractivity contribution >= 4 is 0 Å². The third-order valence-electron chi connectivity index (χ3n) is 0.914. The summed E-state index contributed by atoms with van der Waals surface area (Å²) in [5.41, 5.74) is 6.30.